The fourth-order valence-corrected chi connectivity index (χ4v) is 4.39. The first kappa shape index (κ1) is 19.5. The first-order valence-electron chi connectivity index (χ1n) is 9.16. The van der Waals surface area contributed by atoms with Gasteiger partial charge in [-0.15, -0.1) is 0 Å². The van der Waals surface area contributed by atoms with Crippen LogP contribution in [0.2, 0.25) is 10.0 Å². The molecule has 0 spiro atoms. The minimum absolute atomic E-state index is 0.257. The number of hydrogen-bond donors (Lipinski definition) is 1. The maximum Gasteiger partial charge on any atom is 0.325 e. The number of carbonyl (C=O) groups excluding carboxylic acids is 1. The highest BCUT2D eigenvalue weighted by molar-refractivity contribution is 6.42. The molecule has 1 N–H and O–H groups in total. The van der Waals surface area contributed by atoms with Gasteiger partial charge >= 0.3 is 5.97 Å². The first-order chi connectivity index (χ1) is 12.5. The summed E-state index contributed by atoms with van der Waals surface area (Å²) in [6, 6.07) is 4.33. The molecule has 2 fully saturated rings. The van der Waals surface area contributed by atoms with Gasteiger partial charge in [-0.1, -0.05) is 35.3 Å². The number of carboxylic acid groups (broad SMARTS) is 1. The second kappa shape index (κ2) is 8.59. The lowest BCUT2D eigenvalue weighted by Gasteiger charge is -2.38. The Hall–Kier alpha value is -1.30. The standard InChI is InChI=1S/C19H24Cl2N2O3/c20-15-5-3-4-14(17(15)21)18(19(25)26)22-10-7-13(8-11-22)12-23-9-2-1-6-16(23)24/h3-5,13,18H,1-2,6-12H2,(H,25,26). The Balaban J connectivity index is 1.64. The van der Waals surface area contributed by atoms with Crippen LogP contribution < -0.4 is 0 Å². The third-order valence-electron chi connectivity index (χ3n) is 5.42. The number of rotatable bonds is 5. The maximum atomic E-state index is 12.0. The van der Waals surface area contributed by atoms with E-state index >= 15 is 0 Å². The molecule has 5 nitrogen and oxygen atoms in total. The van der Waals surface area contributed by atoms with E-state index in [4.69, 9.17) is 23.2 Å². The smallest absolute Gasteiger partial charge is 0.325 e. The molecule has 0 radical (unpaired) electrons. The predicted octanol–water partition coefficient (Wildman–Crippen LogP) is 3.84. The van der Waals surface area contributed by atoms with Gasteiger partial charge in [0.25, 0.3) is 0 Å². The Morgan fingerprint density at radius 1 is 1.19 bits per heavy atom. The van der Waals surface area contributed by atoms with Gasteiger partial charge in [-0.2, -0.15) is 0 Å². The zero-order chi connectivity index (χ0) is 18.7. The van der Waals surface area contributed by atoms with E-state index in [9.17, 15) is 14.7 Å². The summed E-state index contributed by atoms with van der Waals surface area (Å²) >= 11 is 12.3. The lowest BCUT2D eigenvalue weighted by atomic mass is 9.93. The van der Waals surface area contributed by atoms with Gasteiger partial charge in [0.1, 0.15) is 6.04 Å². The number of carbonyl (C=O) groups is 2. The molecule has 3 rings (SSSR count). The van der Waals surface area contributed by atoms with Gasteiger partial charge in [0, 0.05) is 25.1 Å². The molecule has 1 aromatic rings. The summed E-state index contributed by atoms with van der Waals surface area (Å²) in [6.45, 7) is 3.00. The molecule has 1 amide bonds. The summed E-state index contributed by atoms with van der Waals surface area (Å²) in [6.07, 6.45) is 4.50. The van der Waals surface area contributed by atoms with Crippen molar-refractivity contribution in [3.63, 3.8) is 0 Å². The molecule has 1 unspecified atom stereocenters. The van der Waals surface area contributed by atoms with E-state index in [1.54, 1.807) is 18.2 Å². The highest BCUT2D eigenvalue weighted by Gasteiger charge is 2.33. The van der Waals surface area contributed by atoms with Crippen LogP contribution in [0.5, 0.6) is 0 Å². The number of likely N-dealkylation sites (tertiary alicyclic amines) is 2. The minimum Gasteiger partial charge on any atom is -0.480 e. The number of nitrogens with zero attached hydrogens (tertiary/aromatic N) is 2. The molecular weight excluding hydrogens is 375 g/mol. The molecular formula is C19H24Cl2N2O3. The van der Waals surface area contributed by atoms with E-state index in [-0.39, 0.29) is 5.91 Å². The molecule has 7 heteroatoms. The number of hydrogen-bond acceptors (Lipinski definition) is 3. The first-order valence-corrected chi connectivity index (χ1v) is 9.91. The van der Waals surface area contributed by atoms with Crippen LogP contribution in [0.15, 0.2) is 18.2 Å². The molecule has 26 heavy (non-hydrogen) atoms. The molecule has 2 aliphatic rings. The molecule has 142 valence electrons. The molecule has 2 aliphatic heterocycles. The van der Waals surface area contributed by atoms with Gasteiger partial charge in [0.15, 0.2) is 0 Å². The minimum atomic E-state index is -0.918. The molecule has 0 aromatic heterocycles. The molecule has 2 heterocycles. The Kier molecular flexibility index (Phi) is 6.43. The van der Waals surface area contributed by atoms with Crippen LogP contribution in [0, 0.1) is 5.92 Å². The SMILES string of the molecule is O=C(O)C(c1cccc(Cl)c1Cl)N1CCC(CN2CCCCC2=O)CC1. The van der Waals surface area contributed by atoms with Crippen molar-refractivity contribution in [3.8, 4) is 0 Å². The summed E-state index contributed by atoms with van der Waals surface area (Å²) in [4.78, 5) is 27.8. The third kappa shape index (κ3) is 4.33. The van der Waals surface area contributed by atoms with E-state index in [1.165, 1.54) is 0 Å². The van der Waals surface area contributed by atoms with Crippen molar-refractivity contribution in [2.75, 3.05) is 26.2 Å². The van der Waals surface area contributed by atoms with Gasteiger partial charge in [-0.3, -0.25) is 14.5 Å². The van der Waals surface area contributed by atoms with Crippen LogP contribution in [0.25, 0.3) is 0 Å². The fourth-order valence-electron chi connectivity index (χ4n) is 3.98. The van der Waals surface area contributed by atoms with E-state index in [2.05, 4.69) is 0 Å². The summed E-state index contributed by atoms with van der Waals surface area (Å²) in [5.41, 5.74) is 0.538. The second-order valence-corrected chi connectivity index (χ2v) is 7.95. The van der Waals surface area contributed by atoms with Crippen LogP contribution in [0.3, 0.4) is 0 Å². The maximum absolute atomic E-state index is 12.0. The number of halogens is 2. The average molecular weight is 399 g/mol. The van der Waals surface area contributed by atoms with Gasteiger partial charge in [-0.25, -0.2) is 0 Å². The van der Waals surface area contributed by atoms with Crippen LogP contribution in [-0.4, -0.2) is 53.0 Å². The topological polar surface area (TPSA) is 60.9 Å². The van der Waals surface area contributed by atoms with E-state index in [0.29, 0.717) is 41.0 Å². The molecule has 0 saturated carbocycles. The van der Waals surface area contributed by atoms with Crippen LogP contribution in [0.4, 0.5) is 0 Å². The van der Waals surface area contributed by atoms with Crippen molar-refractivity contribution >= 4 is 35.1 Å². The second-order valence-electron chi connectivity index (χ2n) is 7.16. The number of benzene rings is 1. The van der Waals surface area contributed by atoms with Crippen molar-refractivity contribution in [2.24, 2.45) is 5.92 Å². The number of carboxylic acids is 1. The Labute approximate surface area is 163 Å². The molecule has 2 saturated heterocycles. The molecule has 0 bridgehead atoms. The van der Waals surface area contributed by atoms with Crippen molar-refractivity contribution in [1.82, 2.24) is 9.80 Å². The fraction of sp³-hybridized carbons (Fsp3) is 0.579. The average Bonchev–Trinajstić information content (AvgIpc) is 2.62. The quantitative estimate of drug-likeness (QED) is 0.817. The zero-order valence-electron chi connectivity index (χ0n) is 14.7. The van der Waals surface area contributed by atoms with Crippen molar-refractivity contribution < 1.29 is 14.7 Å². The van der Waals surface area contributed by atoms with E-state index < -0.39 is 12.0 Å². The highest BCUT2D eigenvalue weighted by Crippen LogP contribution is 2.35. The zero-order valence-corrected chi connectivity index (χ0v) is 16.2. The third-order valence-corrected chi connectivity index (χ3v) is 6.26. The monoisotopic (exact) mass is 398 g/mol. The van der Waals surface area contributed by atoms with E-state index in [1.807, 2.05) is 9.80 Å². The van der Waals surface area contributed by atoms with Crippen LogP contribution >= 0.6 is 23.2 Å². The van der Waals surface area contributed by atoms with Crippen molar-refractivity contribution in [2.45, 2.75) is 38.1 Å². The molecule has 1 atom stereocenters. The van der Waals surface area contributed by atoms with Gasteiger partial charge < -0.3 is 10.0 Å². The van der Waals surface area contributed by atoms with E-state index in [0.717, 1.165) is 38.8 Å². The van der Waals surface area contributed by atoms with Crippen molar-refractivity contribution in [3.05, 3.63) is 33.8 Å². The number of piperidine rings is 2. The van der Waals surface area contributed by atoms with Gasteiger partial charge in [-0.05, 0) is 50.8 Å². The summed E-state index contributed by atoms with van der Waals surface area (Å²) in [7, 11) is 0. The summed E-state index contributed by atoms with van der Waals surface area (Å²) in [5, 5.41) is 10.4. The Bertz CT molecular complexity index is 675. The number of aliphatic carboxylic acids is 1. The van der Waals surface area contributed by atoms with Gasteiger partial charge in [0.2, 0.25) is 5.91 Å². The van der Waals surface area contributed by atoms with Crippen LogP contribution in [0.1, 0.15) is 43.7 Å². The Morgan fingerprint density at radius 3 is 2.58 bits per heavy atom. The normalized spacial score (nSPS) is 21.0. The summed E-state index contributed by atoms with van der Waals surface area (Å²) in [5.74, 6) is -0.232. The van der Waals surface area contributed by atoms with Crippen LogP contribution in [-0.2, 0) is 9.59 Å². The summed E-state index contributed by atoms with van der Waals surface area (Å²) < 4.78 is 0. The highest BCUT2D eigenvalue weighted by atomic mass is 35.5. The van der Waals surface area contributed by atoms with Gasteiger partial charge in [0.05, 0.1) is 10.0 Å². The lowest BCUT2D eigenvalue weighted by Crippen LogP contribution is -2.44. The Morgan fingerprint density at radius 2 is 1.92 bits per heavy atom. The predicted molar refractivity (Wildman–Crippen MR) is 102 cm³/mol. The molecule has 0 aliphatic carbocycles. The molecule has 1 aromatic carbocycles. The number of amides is 1. The van der Waals surface area contributed by atoms with Crippen molar-refractivity contribution in [1.29, 1.82) is 0 Å². The largest absolute Gasteiger partial charge is 0.480 e. The lowest BCUT2D eigenvalue weighted by molar-refractivity contribution is -0.144.